The molecule has 0 aliphatic carbocycles. The average molecular weight is 453 g/mol. The fraction of sp³-hybridized carbons (Fsp3) is 0.316. The van der Waals surface area contributed by atoms with Crippen LogP contribution in [0.2, 0.25) is 5.02 Å². The fourth-order valence-corrected chi connectivity index (χ4v) is 3.98. The largest absolute Gasteiger partial charge is 0.459 e. The molecule has 0 spiro atoms. The third kappa shape index (κ3) is 5.91. The lowest BCUT2D eigenvalue weighted by molar-refractivity contribution is -0.146. The van der Waals surface area contributed by atoms with Crippen molar-refractivity contribution in [1.29, 1.82) is 0 Å². The number of carbonyl (C=O) groups is 2. The number of carbonyl (C=O) groups excluding carboxylic acids is 2. The van der Waals surface area contributed by atoms with Gasteiger partial charge in [0.25, 0.3) is 0 Å². The van der Waals surface area contributed by atoms with Crippen molar-refractivity contribution >= 4 is 39.7 Å². The summed E-state index contributed by atoms with van der Waals surface area (Å²) in [5.74, 6) is -0.773. The lowest BCUT2D eigenvalue weighted by Gasteiger charge is -2.25. The summed E-state index contributed by atoms with van der Waals surface area (Å²) < 4.78 is 32.4. The van der Waals surface area contributed by atoms with E-state index < -0.39 is 21.8 Å². The van der Waals surface area contributed by atoms with Gasteiger partial charge in [0, 0.05) is 18.1 Å². The molecule has 2 amide bonds. The molecule has 1 fully saturated rings. The van der Waals surface area contributed by atoms with Gasteiger partial charge in [-0.25, -0.2) is 18.6 Å². The van der Waals surface area contributed by atoms with Gasteiger partial charge in [0.1, 0.15) is 11.5 Å². The lowest BCUT2D eigenvalue weighted by atomic mass is 10.1. The molecule has 0 atom stereocenters. The van der Waals surface area contributed by atoms with Gasteiger partial charge in [-0.1, -0.05) is 11.6 Å². The molecule has 160 valence electrons. The van der Waals surface area contributed by atoms with Crippen LogP contribution in [0.1, 0.15) is 30.8 Å². The number of nitrogens with zero attached hydrogens (tertiary/aromatic N) is 2. The van der Waals surface area contributed by atoms with Crippen LogP contribution >= 0.6 is 11.6 Å². The Balaban J connectivity index is 1.50. The Kier molecular flexibility index (Phi) is 7.24. The Morgan fingerprint density at radius 3 is 2.50 bits per heavy atom. The number of halogens is 1. The highest BCUT2D eigenvalue weighted by Gasteiger charge is 2.22. The van der Waals surface area contributed by atoms with E-state index in [-0.39, 0.29) is 11.4 Å². The van der Waals surface area contributed by atoms with Gasteiger partial charge in [-0.05, 0) is 55.7 Å². The first-order valence-electron chi connectivity index (χ1n) is 9.31. The summed E-state index contributed by atoms with van der Waals surface area (Å²) in [6.07, 6.45) is 4.07. The third-order valence-corrected chi connectivity index (χ3v) is 6.11. The zero-order valence-electron chi connectivity index (χ0n) is 16.0. The van der Waals surface area contributed by atoms with Crippen LogP contribution in [0.15, 0.2) is 50.8 Å². The molecule has 1 aromatic heterocycles. The number of hydrogen-bond donors (Lipinski definition) is 2. The molecular formula is C19H21ClN4O5S. The monoisotopic (exact) mass is 452 g/mol. The van der Waals surface area contributed by atoms with Crippen LogP contribution in [0.5, 0.6) is 0 Å². The number of hydrazone groups is 1. The van der Waals surface area contributed by atoms with E-state index in [2.05, 4.69) is 15.2 Å². The Morgan fingerprint density at radius 2 is 1.80 bits per heavy atom. The molecule has 0 unspecified atom stereocenters. The van der Waals surface area contributed by atoms with Crippen molar-refractivity contribution in [2.24, 2.45) is 5.10 Å². The second-order valence-electron chi connectivity index (χ2n) is 6.63. The Bertz CT molecular complexity index is 1030. The minimum atomic E-state index is -3.72. The Labute approximate surface area is 179 Å². The SMILES string of the molecule is O=C(N/N=C/c1ccc(CNS(=O)(=O)c2ccc(Cl)cc2)o1)C(=O)N1CCCCC1. The summed E-state index contributed by atoms with van der Waals surface area (Å²) in [6, 6.07) is 8.92. The molecule has 1 aliphatic heterocycles. The van der Waals surface area contributed by atoms with Crippen molar-refractivity contribution in [2.45, 2.75) is 30.7 Å². The van der Waals surface area contributed by atoms with Crippen LogP contribution in [-0.2, 0) is 26.2 Å². The third-order valence-electron chi connectivity index (χ3n) is 4.44. The number of sulfonamides is 1. The highest BCUT2D eigenvalue weighted by molar-refractivity contribution is 7.89. The summed E-state index contributed by atoms with van der Waals surface area (Å²) in [6.45, 7) is 1.07. The molecule has 11 heteroatoms. The van der Waals surface area contributed by atoms with Gasteiger partial charge in [-0.3, -0.25) is 9.59 Å². The maximum absolute atomic E-state index is 12.3. The van der Waals surface area contributed by atoms with Crippen molar-refractivity contribution in [3.8, 4) is 0 Å². The highest BCUT2D eigenvalue weighted by atomic mass is 35.5. The first-order chi connectivity index (χ1) is 14.3. The second-order valence-corrected chi connectivity index (χ2v) is 8.84. The van der Waals surface area contributed by atoms with E-state index in [0.717, 1.165) is 19.3 Å². The van der Waals surface area contributed by atoms with Gasteiger partial charge in [0.05, 0.1) is 17.7 Å². The van der Waals surface area contributed by atoms with Crippen LogP contribution in [0.3, 0.4) is 0 Å². The van der Waals surface area contributed by atoms with E-state index in [1.165, 1.54) is 35.4 Å². The molecule has 1 aliphatic rings. The van der Waals surface area contributed by atoms with Gasteiger partial charge in [0.15, 0.2) is 0 Å². The number of rotatable bonds is 6. The number of piperidine rings is 1. The van der Waals surface area contributed by atoms with E-state index in [1.807, 2.05) is 0 Å². The molecule has 3 rings (SSSR count). The normalized spacial score (nSPS) is 14.8. The lowest BCUT2D eigenvalue weighted by Crippen LogP contribution is -2.43. The molecule has 2 aromatic rings. The molecule has 1 aromatic carbocycles. The quantitative estimate of drug-likeness (QED) is 0.393. The van der Waals surface area contributed by atoms with E-state index in [4.69, 9.17) is 16.0 Å². The zero-order valence-corrected chi connectivity index (χ0v) is 17.6. The molecule has 2 heterocycles. The van der Waals surface area contributed by atoms with Crippen LogP contribution in [-0.4, -0.2) is 44.4 Å². The van der Waals surface area contributed by atoms with Gasteiger partial charge in [0.2, 0.25) is 10.0 Å². The van der Waals surface area contributed by atoms with Crippen LogP contribution < -0.4 is 10.1 Å². The summed E-state index contributed by atoms with van der Waals surface area (Å²) in [4.78, 5) is 25.5. The maximum Gasteiger partial charge on any atom is 0.329 e. The molecule has 0 saturated carbocycles. The van der Waals surface area contributed by atoms with Crippen molar-refractivity contribution < 1.29 is 22.4 Å². The number of hydrogen-bond acceptors (Lipinski definition) is 6. The molecule has 0 bridgehead atoms. The second kappa shape index (κ2) is 9.88. The standard InChI is InChI=1S/C19H21ClN4O5S/c20-14-4-8-17(9-5-14)30(27,28)22-13-16-7-6-15(29-16)12-21-23-18(25)19(26)24-10-2-1-3-11-24/h4-9,12,22H,1-3,10-11,13H2,(H,23,25)/b21-12+. The van der Waals surface area contributed by atoms with Gasteiger partial charge in [-0.2, -0.15) is 5.10 Å². The predicted octanol–water partition coefficient (Wildman–Crippen LogP) is 1.87. The van der Waals surface area contributed by atoms with Gasteiger partial charge >= 0.3 is 11.8 Å². The summed E-state index contributed by atoms with van der Waals surface area (Å²) in [5, 5.41) is 4.16. The number of nitrogens with one attached hydrogen (secondary N) is 2. The van der Waals surface area contributed by atoms with Crippen molar-refractivity contribution in [3.05, 3.63) is 52.9 Å². The molecule has 9 nitrogen and oxygen atoms in total. The van der Waals surface area contributed by atoms with Crippen LogP contribution in [0, 0.1) is 0 Å². The average Bonchev–Trinajstić information content (AvgIpc) is 3.20. The number of furan rings is 1. The summed E-state index contributed by atoms with van der Waals surface area (Å²) >= 11 is 5.77. The topological polar surface area (TPSA) is 121 Å². The van der Waals surface area contributed by atoms with Gasteiger partial charge in [-0.15, -0.1) is 0 Å². The number of benzene rings is 1. The Morgan fingerprint density at radius 1 is 1.10 bits per heavy atom. The van der Waals surface area contributed by atoms with E-state index in [0.29, 0.717) is 29.6 Å². The van der Waals surface area contributed by atoms with E-state index in [1.54, 1.807) is 12.1 Å². The van der Waals surface area contributed by atoms with Crippen molar-refractivity contribution in [2.75, 3.05) is 13.1 Å². The van der Waals surface area contributed by atoms with Crippen LogP contribution in [0.25, 0.3) is 0 Å². The number of likely N-dealkylation sites (tertiary alicyclic amines) is 1. The number of amides is 2. The molecule has 0 radical (unpaired) electrons. The molecule has 30 heavy (non-hydrogen) atoms. The molecular weight excluding hydrogens is 432 g/mol. The predicted molar refractivity (Wildman–Crippen MR) is 110 cm³/mol. The first kappa shape index (κ1) is 22.0. The molecule has 2 N–H and O–H groups in total. The van der Waals surface area contributed by atoms with E-state index in [9.17, 15) is 18.0 Å². The minimum absolute atomic E-state index is 0.0708. The van der Waals surface area contributed by atoms with Crippen molar-refractivity contribution in [1.82, 2.24) is 15.0 Å². The van der Waals surface area contributed by atoms with Crippen LogP contribution in [0.4, 0.5) is 0 Å². The Hall–Kier alpha value is -2.69. The fourth-order valence-electron chi connectivity index (χ4n) is 2.87. The van der Waals surface area contributed by atoms with Gasteiger partial charge < -0.3 is 9.32 Å². The van der Waals surface area contributed by atoms with Crippen molar-refractivity contribution in [3.63, 3.8) is 0 Å². The smallest absolute Gasteiger partial charge is 0.329 e. The summed E-state index contributed by atoms with van der Waals surface area (Å²) in [5.41, 5.74) is 2.18. The zero-order chi connectivity index (χ0) is 21.6. The maximum atomic E-state index is 12.3. The minimum Gasteiger partial charge on any atom is -0.459 e. The highest BCUT2D eigenvalue weighted by Crippen LogP contribution is 2.15. The molecule has 1 saturated heterocycles. The summed E-state index contributed by atoms with van der Waals surface area (Å²) in [7, 11) is -3.72. The van der Waals surface area contributed by atoms with E-state index >= 15 is 0 Å². The first-order valence-corrected chi connectivity index (χ1v) is 11.2.